The van der Waals surface area contributed by atoms with Crippen molar-refractivity contribution in [2.75, 3.05) is 14.2 Å². The van der Waals surface area contributed by atoms with E-state index in [4.69, 9.17) is 4.74 Å². The molecule has 0 aromatic carbocycles. The molecule has 0 radical (unpaired) electrons. The molecule has 0 spiro atoms. The van der Waals surface area contributed by atoms with E-state index in [2.05, 4.69) is 26.2 Å². The maximum Gasteiger partial charge on any atom is 0.0558 e. The zero-order valence-corrected chi connectivity index (χ0v) is 11.5. The molecule has 1 rings (SSSR count). The van der Waals surface area contributed by atoms with Crippen molar-refractivity contribution >= 4 is 0 Å². The number of methoxy groups -OCH3 is 1. The largest absolute Gasteiger partial charge is 0.382 e. The second kappa shape index (κ2) is 7.29. The summed E-state index contributed by atoms with van der Waals surface area (Å²) in [7, 11) is 3.91. The van der Waals surface area contributed by atoms with Crippen LogP contribution in [0.1, 0.15) is 52.4 Å². The van der Waals surface area contributed by atoms with Crippen LogP contribution >= 0.6 is 0 Å². The normalized spacial score (nSPS) is 30.0. The highest BCUT2D eigenvalue weighted by molar-refractivity contribution is 4.82. The Hall–Kier alpha value is -0.0800. The lowest BCUT2D eigenvalue weighted by atomic mass is 9.76. The summed E-state index contributed by atoms with van der Waals surface area (Å²) in [6, 6.07) is 0.643. The summed E-state index contributed by atoms with van der Waals surface area (Å²) < 4.78 is 5.39. The van der Waals surface area contributed by atoms with Gasteiger partial charge in [0.05, 0.1) is 6.10 Å². The fourth-order valence-electron chi connectivity index (χ4n) is 3.07. The number of ether oxygens (including phenoxy) is 1. The highest BCUT2D eigenvalue weighted by atomic mass is 16.5. The number of hydrogen-bond donors (Lipinski definition) is 1. The first-order valence-electron chi connectivity index (χ1n) is 6.91. The van der Waals surface area contributed by atoms with E-state index < -0.39 is 0 Å². The molecule has 0 saturated heterocycles. The minimum absolute atomic E-state index is 0.374. The molecule has 4 atom stereocenters. The summed E-state index contributed by atoms with van der Waals surface area (Å²) in [4.78, 5) is 0. The molecule has 0 bridgehead atoms. The van der Waals surface area contributed by atoms with Gasteiger partial charge in [0.2, 0.25) is 0 Å². The van der Waals surface area contributed by atoms with Crippen molar-refractivity contribution < 1.29 is 4.74 Å². The predicted octanol–water partition coefficient (Wildman–Crippen LogP) is 3.22. The Labute approximate surface area is 101 Å². The molecular weight excluding hydrogens is 198 g/mol. The van der Waals surface area contributed by atoms with E-state index in [9.17, 15) is 0 Å². The van der Waals surface area contributed by atoms with Gasteiger partial charge in [-0.05, 0) is 45.1 Å². The van der Waals surface area contributed by atoms with Gasteiger partial charge in [0.25, 0.3) is 0 Å². The van der Waals surface area contributed by atoms with Crippen molar-refractivity contribution in [3.05, 3.63) is 0 Å². The number of rotatable bonds is 6. The van der Waals surface area contributed by atoms with Gasteiger partial charge in [0, 0.05) is 13.2 Å². The van der Waals surface area contributed by atoms with Crippen LogP contribution in [-0.2, 0) is 4.74 Å². The lowest BCUT2D eigenvalue weighted by Gasteiger charge is -2.35. The first-order chi connectivity index (χ1) is 7.71. The first kappa shape index (κ1) is 14.0. The van der Waals surface area contributed by atoms with Crippen LogP contribution < -0.4 is 5.32 Å². The third-order valence-corrected chi connectivity index (χ3v) is 4.33. The van der Waals surface area contributed by atoms with E-state index in [0.717, 1.165) is 18.3 Å². The van der Waals surface area contributed by atoms with Gasteiger partial charge in [-0.3, -0.25) is 0 Å². The smallest absolute Gasteiger partial charge is 0.0558 e. The Morgan fingerprint density at radius 2 is 2.12 bits per heavy atom. The summed E-state index contributed by atoms with van der Waals surface area (Å²) in [6.45, 7) is 4.50. The van der Waals surface area contributed by atoms with Crippen molar-refractivity contribution in [1.29, 1.82) is 0 Å². The predicted molar refractivity (Wildman–Crippen MR) is 69.7 cm³/mol. The van der Waals surface area contributed by atoms with Gasteiger partial charge in [0.1, 0.15) is 0 Å². The van der Waals surface area contributed by atoms with Crippen molar-refractivity contribution in [1.82, 2.24) is 5.32 Å². The average molecular weight is 227 g/mol. The molecule has 1 aliphatic carbocycles. The summed E-state index contributed by atoms with van der Waals surface area (Å²) in [5, 5.41) is 3.50. The third-order valence-electron chi connectivity index (χ3n) is 4.33. The molecule has 0 aromatic rings. The van der Waals surface area contributed by atoms with E-state index in [1.807, 2.05) is 7.11 Å². The SMILES string of the molecule is CCC1CCCC(C(CC(C)OC)NC)C1. The molecule has 1 saturated carbocycles. The molecule has 0 aliphatic heterocycles. The van der Waals surface area contributed by atoms with E-state index in [0.29, 0.717) is 12.1 Å². The van der Waals surface area contributed by atoms with Crippen LogP contribution in [0.3, 0.4) is 0 Å². The zero-order chi connectivity index (χ0) is 12.0. The van der Waals surface area contributed by atoms with Crippen LogP contribution in [-0.4, -0.2) is 26.3 Å². The van der Waals surface area contributed by atoms with Crippen LogP contribution in [0.2, 0.25) is 0 Å². The van der Waals surface area contributed by atoms with Crippen molar-refractivity contribution in [3.8, 4) is 0 Å². The maximum absolute atomic E-state index is 5.39. The van der Waals surface area contributed by atoms with Gasteiger partial charge in [-0.2, -0.15) is 0 Å². The highest BCUT2D eigenvalue weighted by Gasteiger charge is 2.27. The Kier molecular flexibility index (Phi) is 6.37. The highest BCUT2D eigenvalue weighted by Crippen LogP contribution is 2.34. The quantitative estimate of drug-likeness (QED) is 0.752. The third kappa shape index (κ3) is 4.06. The van der Waals surface area contributed by atoms with Crippen LogP contribution in [0.5, 0.6) is 0 Å². The van der Waals surface area contributed by atoms with E-state index in [-0.39, 0.29) is 0 Å². The minimum atomic E-state index is 0.374. The number of hydrogen-bond acceptors (Lipinski definition) is 2. The molecule has 0 aromatic heterocycles. The minimum Gasteiger partial charge on any atom is -0.382 e. The molecule has 16 heavy (non-hydrogen) atoms. The average Bonchev–Trinajstić information content (AvgIpc) is 2.35. The molecule has 2 heteroatoms. The van der Waals surface area contributed by atoms with Gasteiger partial charge >= 0.3 is 0 Å². The maximum atomic E-state index is 5.39. The second-order valence-corrected chi connectivity index (χ2v) is 5.38. The topological polar surface area (TPSA) is 21.3 Å². The van der Waals surface area contributed by atoms with E-state index in [1.165, 1.54) is 32.1 Å². The fourth-order valence-corrected chi connectivity index (χ4v) is 3.07. The number of nitrogens with one attached hydrogen (secondary N) is 1. The van der Waals surface area contributed by atoms with Crippen LogP contribution in [0, 0.1) is 11.8 Å². The Morgan fingerprint density at radius 1 is 1.38 bits per heavy atom. The van der Waals surface area contributed by atoms with Crippen LogP contribution in [0.4, 0.5) is 0 Å². The van der Waals surface area contributed by atoms with E-state index in [1.54, 1.807) is 0 Å². The lowest BCUT2D eigenvalue weighted by Crippen LogP contribution is -2.38. The van der Waals surface area contributed by atoms with Gasteiger partial charge in [-0.15, -0.1) is 0 Å². The van der Waals surface area contributed by atoms with Crippen molar-refractivity contribution in [2.24, 2.45) is 11.8 Å². The Balaban J connectivity index is 2.44. The van der Waals surface area contributed by atoms with Crippen molar-refractivity contribution in [2.45, 2.75) is 64.5 Å². The molecule has 0 amide bonds. The molecule has 1 fully saturated rings. The van der Waals surface area contributed by atoms with Gasteiger partial charge in [-0.1, -0.05) is 26.2 Å². The molecule has 1 N–H and O–H groups in total. The first-order valence-corrected chi connectivity index (χ1v) is 6.91. The molecule has 2 nitrogen and oxygen atoms in total. The van der Waals surface area contributed by atoms with E-state index >= 15 is 0 Å². The molecule has 4 unspecified atom stereocenters. The van der Waals surface area contributed by atoms with Gasteiger partial charge in [-0.25, -0.2) is 0 Å². The molecule has 96 valence electrons. The molecule has 1 aliphatic rings. The molecule has 0 heterocycles. The Morgan fingerprint density at radius 3 is 2.69 bits per heavy atom. The fraction of sp³-hybridized carbons (Fsp3) is 1.00. The van der Waals surface area contributed by atoms with Gasteiger partial charge in [0.15, 0.2) is 0 Å². The summed E-state index contributed by atoms with van der Waals surface area (Å²) >= 11 is 0. The standard InChI is InChI=1S/C14H29NO/c1-5-12-7-6-8-13(10-12)14(15-3)9-11(2)16-4/h11-15H,5-10H2,1-4H3. The Bertz CT molecular complexity index is 182. The lowest BCUT2D eigenvalue weighted by molar-refractivity contribution is 0.0845. The van der Waals surface area contributed by atoms with Crippen molar-refractivity contribution in [3.63, 3.8) is 0 Å². The summed E-state index contributed by atoms with van der Waals surface area (Å²) in [6.07, 6.45) is 8.56. The summed E-state index contributed by atoms with van der Waals surface area (Å²) in [5.41, 5.74) is 0. The van der Waals surface area contributed by atoms with Crippen LogP contribution in [0.15, 0.2) is 0 Å². The second-order valence-electron chi connectivity index (χ2n) is 5.38. The zero-order valence-electron chi connectivity index (χ0n) is 11.5. The van der Waals surface area contributed by atoms with Gasteiger partial charge < -0.3 is 10.1 Å². The molecular formula is C14H29NO. The summed E-state index contributed by atoms with van der Waals surface area (Å²) in [5.74, 6) is 1.83. The monoisotopic (exact) mass is 227 g/mol. The van der Waals surface area contributed by atoms with Crippen LogP contribution in [0.25, 0.3) is 0 Å².